The third-order valence-electron chi connectivity index (χ3n) is 4.40. The van der Waals surface area contributed by atoms with E-state index in [1.165, 1.54) is 43.4 Å². The first-order valence-electron chi connectivity index (χ1n) is 8.43. The van der Waals surface area contributed by atoms with Crippen molar-refractivity contribution in [2.24, 2.45) is 0 Å². The number of hydrogen-bond acceptors (Lipinski definition) is 4. The van der Waals surface area contributed by atoms with Gasteiger partial charge in [-0.25, -0.2) is 4.79 Å². The quantitative estimate of drug-likeness (QED) is 0.782. The third kappa shape index (κ3) is 4.78. The van der Waals surface area contributed by atoms with Gasteiger partial charge in [0, 0.05) is 4.88 Å². The molecule has 23 heavy (non-hydrogen) atoms. The molecule has 0 spiro atoms. The van der Waals surface area contributed by atoms with Gasteiger partial charge in [0.25, 0.3) is 5.91 Å². The summed E-state index contributed by atoms with van der Waals surface area (Å²) in [6.07, 6.45) is 6.22. The first-order valence-corrected chi connectivity index (χ1v) is 9.24. The van der Waals surface area contributed by atoms with Crippen LogP contribution in [0.4, 0.5) is 5.00 Å². The second-order valence-electron chi connectivity index (χ2n) is 6.09. The van der Waals surface area contributed by atoms with Crippen molar-refractivity contribution in [2.45, 2.75) is 58.9 Å². The fourth-order valence-electron chi connectivity index (χ4n) is 2.99. The van der Waals surface area contributed by atoms with Crippen LogP contribution in [0.15, 0.2) is 0 Å². The Kier molecular flexibility index (Phi) is 6.59. The van der Waals surface area contributed by atoms with E-state index >= 15 is 0 Å². The number of esters is 1. The van der Waals surface area contributed by atoms with E-state index in [9.17, 15) is 9.59 Å². The van der Waals surface area contributed by atoms with Crippen LogP contribution in [0.1, 0.15) is 59.8 Å². The SMILES string of the molecule is CCOC(=O)c1c(NC(=O)C[NH2+]C2CCCCC2)sc(C)c1C. The highest BCUT2D eigenvalue weighted by Crippen LogP contribution is 2.32. The van der Waals surface area contributed by atoms with Gasteiger partial charge in [-0.15, -0.1) is 11.3 Å². The molecule has 1 saturated carbocycles. The van der Waals surface area contributed by atoms with Crippen LogP contribution in [0.25, 0.3) is 0 Å². The van der Waals surface area contributed by atoms with Gasteiger partial charge in [0.1, 0.15) is 5.00 Å². The van der Waals surface area contributed by atoms with Gasteiger partial charge in [0.2, 0.25) is 0 Å². The topological polar surface area (TPSA) is 72.0 Å². The number of rotatable bonds is 6. The van der Waals surface area contributed by atoms with Crippen LogP contribution < -0.4 is 10.6 Å². The van der Waals surface area contributed by atoms with Crippen molar-refractivity contribution >= 4 is 28.2 Å². The first-order chi connectivity index (χ1) is 11.0. The number of quaternary nitrogens is 1. The van der Waals surface area contributed by atoms with Crippen LogP contribution in [0.5, 0.6) is 0 Å². The highest BCUT2D eigenvalue weighted by Gasteiger charge is 2.23. The predicted octanol–water partition coefficient (Wildman–Crippen LogP) is 2.38. The smallest absolute Gasteiger partial charge is 0.341 e. The maximum absolute atomic E-state index is 12.2. The Morgan fingerprint density at radius 1 is 1.26 bits per heavy atom. The Morgan fingerprint density at radius 2 is 1.96 bits per heavy atom. The van der Waals surface area contributed by atoms with Crippen molar-refractivity contribution in [2.75, 3.05) is 18.5 Å². The van der Waals surface area contributed by atoms with Crippen LogP contribution in [0.3, 0.4) is 0 Å². The van der Waals surface area contributed by atoms with Gasteiger partial charge < -0.3 is 15.4 Å². The lowest BCUT2D eigenvalue weighted by Crippen LogP contribution is -2.91. The lowest BCUT2D eigenvalue weighted by molar-refractivity contribution is -0.681. The van der Waals surface area contributed by atoms with E-state index in [2.05, 4.69) is 10.6 Å². The Morgan fingerprint density at radius 3 is 2.61 bits per heavy atom. The average molecular weight is 339 g/mol. The lowest BCUT2D eigenvalue weighted by Gasteiger charge is -2.19. The van der Waals surface area contributed by atoms with E-state index in [1.807, 2.05) is 13.8 Å². The molecule has 0 aromatic carbocycles. The number of nitrogens with two attached hydrogens (primary N) is 1. The molecule has 128 valence electrons. The molecule has 0 atom stereocenters. The number of amides is 1. The van der Waals surface area contributed by atoms with Crippen molar-refractivity contribution in [3.63, 3.8) is 0 Å². The number of ether oxygens (including phenoxy) is 1. The summed E-state index contributed by atoms with van der Waals surface area (Å²) < 4.78 is 5.11. The summed E-state index contributed by atoms with van der Waals surface area (Å²) in [7, 11) is 0. The van der Waals surface area contributed by atoms with E-state index < -0.39 is 0 Å². The number of anilines is 1. The highest BCUT2D eigenvalue weighted by molar-refractivity contribution is 7.16. The molecule has 1 amide bonds. The Bertz CT molecular complexity index is 562. The minimum atomic E-state index is -0.360. The van der Waals surface area contributed by atoms with Crippen LogP contribution >= 0.6 is 11.3 Å². The van der Waals surface area contributed by atoms with Gasteiger partial charge in [-0.3, -0.25) is 4.79 Å². The number of hydrogen-bond donors (Lipinski definition) is 2. The second-order valence-corrected chi connectivity index (χ2v) is 7.32. The zero-order chi connectivity index (χ0) is 16.8. The van der Waals surface area contributed by atoms with Crippen molar-refractivity contribution in [3.8, 4) is 0 Å². The molecule has 1 aromatic rings. The molecule has 0 saturated heterocycles. The molecule has 0 unspecified atom stereocenters. The van der Waals surface area contributed by atoms with E-state index in [0.717, 1.165) is 10.4 Å². The van der Waals surface area contributed by atoms with E-state index in [1.54, 1.807) is 6.92 Å². The number of carbonyl (C=O) groups excluding carboxylic acids is 2. The number of nitrogens with one attached hydrogen (secondary N) is 1. The monoisotopic (exact) mass is 339 g/mol. The molecule has 0 bridgehead atoms. The zero-order valence-electron chi connectivity index (χ0n) is 14.2. The summed E-state index contributed by atoms with van der Waals surface area (Å²) in [6.45, 7) is 6.36. The van der Waals surface area contributed by atoms with Crippen molar-refractivity contribution in [3.05, 3.63) is 16.0 Å². The minimum absolute atomic E-state index is 0.0534. The van der Waals surface area contributed by atoms with Gasteiger partial charge in [0.15, 0.2) is 6.54 Å². The molecule has 1 aliphatic carbocycles. The molecule has 0 radical (unpaired) electrons. The molecule has 1 fully saturated rings. The molecule has 3 N–H and O–H groups in total. The van der Waals surface area contributed by atoms with Gasteiger partial charge in [0.05, 0.1) is 18.2 Å². The molecule has 5 nitrogen and oxygen atoms in total. The summed E-state index contributed by atoms with van der Waals surface area (Å²) in [4.78, 5) is 25.4. The lowest BCUT2D eigenvalue weighted by atomic mass is 9.95. The standard InChI is InChI=1S/C17H26N2O3S/c1-4-22-17(21)15-11(2)12(3)23-16(15)19-14(20)10-18-13-8-6-5-7-9-13/h13,18H,4-10H2,1-3H3,(H,19,20)/p+1. The molecule has 1 aliphatic rings. The Labute approximate surface area is 141 Å². The maximum Gasteiger partial charge on any atom is 0.341 e. The highest BCUT2D eigenvalue weighted by atomic mass is 32.1. The van der Waals surface area contributed by atoms with Gasteiger partial charge in [-0.2, -0.15) is 0 Å². The molecule has 1 aromatic heterocycles. The molecule has 2 rings (SSSR count). The number of carbonyl (C=O) groups is 2. The van der Waals surface area contributed by atoms with Gasteiger partial charge >= 0.3 is 5.97 Å². The van der Waals surface area contributed by atoms with Crippen LogP contribution in [-0.2, 0) is 9.53 Å². The minimum Gasteiger partial charge on any atom is -0.462 e. The second kappa shape index (κ2) is 8.45. The number of thiophene rings is 1. The molecular formula is C17H27N2O3S+. The summed E-state index contributed by atoms with van der Waals surface area (Å²) >= 11 is 1.44. The third-order valence-corrected chi connectivity index (χ3v) is 5.53. The summed E-state index contributed by atoms with van der Waals surface area (Å²) in [6, 6.07) is 0.561. The van der Waals surface area contributed by atoms with Crippen LogP contribution in [0.2, 0.25) is 0 Å². The largest absolute Gasteiger partial charge is 0.462 e. The number of aryl methyl sites for hydroxylation is 1. The van der Waals surface area contributed by atoms with Gasteiger partial charge in [-0.1, -0.05) is 6.42 Å². The normalized spacial score (nSPS) is 15.4. The zero-order valence-corrected chi connectivity index (χ0v) is 15.1. The Balaban J connectivity index is 1.97. The summed E-state index contributed by atoms with van der Waals surface area (Å²) in [5.41, 5.74) is 1.39. The summed E-state index contributed by atoms with van der Waals surface area (Å²) in [5, 5.41) is 5.64. The fraction of sp³-hybridized carbons (Fsp3) is 0.647. The average Bonchev–Trinajstić information content (AvgIpc) is 2.81. The van der Waals surface area contributed by atoms with Crippen LogP contribution in [-0.4, -0.2) is 31.1 Å². The molecule has 0 aliphatic heterocycles. The predicted molar refractivity (Wildman–Crippen MR) is 92.0 cm³/mol. The fourth-order valence-corrected chi connectivity index (χ4v) is 4.05. The van der Waals surface area contributed by atoms with Crippen molar-refractivity contribution in [1.29, 1.82) is 0 Å². The van der Waals surface area contributed by atoms with Crippen molar-refractivity contribution in [1.82, 2.24) is 0 Å². The summed E-state index contributed by atoms with van der Waals surface area (Å²) in [5.74, 6) is -0.414. The first kappa shape index (κ1) is 17.9. The van der Waals surface area contributed by atoms with E-state index in [4.69, 9.17) is 4.74 Å². The van der Waals surface area contributed by atoms with E-state index in [-0.39, 0.29) is 11.9 Å². The molecule has 6 heteroatoms. The van der Waals surface area contributed by atoms with Crippen molar-refractivity contribution < 1.29 is 19.6 Å². The van der Waals surface area contributed by atoms with E-state index in [0.29, 0.717) is 29.8 Å². The van der Waals surface area contributed by atoms with Crippen LogP contribution in [0, 0.1) is 13.8 Å². The Hall–Kier alpha value is -1.40. The molecule has 1 heterocycles. The molecular weight excluding hydrogens is 312 g/mol. The van der Waals surface area contributed by atoms with Gasteiger partial charge in [-0.05, 0) is 52.0 Å². The maximum atomic E-state index is 12.2.